The Morgan fingerprint density at radius 1 is 1.15 bits per heavy atom. The molecule has 156 valence electrons. The Morgan fingerprint density at radius 3 is 2.19 bits per heavy atom. The second kappa shape index (κ2) is 12.6. The molecule has 6 heteroatoms. The van der Waals surface area contributed by atoms with Crippen LogP contribution in [0.25, 0.3) is 0 Å². The van der Waals surface area contributed by atoms with E-state index >= 15 is 0 Å². The van der Waals surface area contributed by atoms with Crippen LogP contribution in [0.4, 0.5) is 0 Å². The normalized spacial score (nSPS) is 12.2. The predicted molar refractivity (Wildman–Crippen MR) is 109 cm³/mol. The summed E-state index contributed by atoms with van der Waals surface area (Å²) in [6.45, 7) is 10.9. The van der Waals surface area contributed by atoms with Crippen molar-refractivity contribution in [2.45, 2.75) is 53.0 Å². The molecule has 0 aromatic heterocycles. The molecule has 0 aliphatic heterocycles. The van der Waals surface area contributed by atoms with Gasteiger partial charge in [0, 0.05) is 25.7 Å². The third kappa shape index (κ3) is 12.3. The summed E-state index contributed by atoms with van der Waals surface area (Å²) in [5.74, 6) is 0.190. The second-order valence-corrected chi connectivity index (χ2v) is 7.94. The summed E-state index contributed by atoms with van der Waals surface area (Å²) in [5, 5.41) is 9.31. The number of aliphatic carboxylic acids is 1. The zero-order valence-electron chi connectivity index (χ0n) is 17.9. The number of methoxy groups -OCH3 is 2. The van der Waals surface area contributed by atoms with Gasteiger partial charge in [0.25, 0.3) is 0 Å². The van der Waals surface area contributed by atoms with E-state index in [-0.39, 0.29) is 11.5 Å². The molecule has 1 aromatic carbocycles. The smallest absolute Gasteiger partial charge is 0.307 e. The lowest BCUT2D eigenvalue weighted by Gasteiger charge is -2.17. The topological polar surface area (TPSA) is 91.0 Å². The van der Waals surface area contributed by atoms with Crippen molar-refractivity contribution >= 4 is 5.97 Å². The molecule has 0 unspecified atom stereocenters. The van der Waals surface area contributed by atoms with Crippen LogP contribution in [-0.2, 0) is 16.0 Å². The molecule has 0 aliphatic carbocycles. The van der Waals surface area contributed by atoms with Crippen LogP contribution in [0.15, 0.2) is 18.2 Å². The van der Waals surface area contributed by atoms with Crippen LogP contribution in [0, 0.1) is 11.8 Å². The van der Waals surface area contributed by atoms with E-state index in [1.807, 2.05) is 52.8 Å². The number of carboxylic acid groups (broad SMARTS) is 1. The molecule has 0 aliphatic rings. The maximum atomic E-state index is 11.3. The van der Waals surface area contributed by atoms with Crippen molar-refractivity contribution in [3.8, 4) is 11.5 Å². The zero-order valence-corrected chi connectivity index (χ0v) is 17.9. The van der Waals surface area contributed by atoms with E-state index in [0.29, 0.717) is 31.1 Å². The number of nitrogens with two attached hydrogens (primary N) is 1. The Bertz CT molecular complexity index is 546. The van der Waals surface area contributed by atoms with E-state index in [0.717, 1.165) is 12.0 Å². The van der Waals surface area contributed by atoms with Gasteiger partial charge in [-0.1, -0.05) is 19.9 Å². The number of hydrogen-bond donors (Lipinski definition) is 2. The SMILES string of the molecule is CC(C)(C)N.COCCCOc1cc(C[C@H](C(=O)O)C(C)C)ccc1OC. The van der Waals surface area contributed by atoms with Gasteiger partial charge in [-0.15, -0.1) is 0 Å². The number of ether oxygens (including phenoxy) is 3. The van der Waals surface area contributed by atoms with Gasteiger partial charge in [-0.2, -0.15) is 0 Å². The molecule has 0 saturated carbocycles. The minimum Gasteiger partial charge on any atom is -0.493 e. The molecule has 0 saturated heterocycles. The molecular weight excluding hydrogens is 346 g/mol. The first kappa shape index (κ1) is 25.2. The number of hydrogen-bond acceptors (Lipinski definition) is 5. The fourth-order valence-electron chi connectivity index (χ4n) is 2.21. The summed E-state index contributed by atoms with van der Waals surface area (Å²) in [7, 11) is 3.24. The fourth-order valence-corrected chi connectivity index (χ4v) is 2.21. The average Bonchev–Trinajstić information content (AvgIpc) is 2.54. The summed E-state index contributed by atoms with van der Waals surface area (Å²) in [4.78, 5) is 11.3. The van der Waals surface area contributed by atoms with Crippen molar-refractivity contribution in [2.75, 3.05) is 27.4 Å². The molecule has 0 bridgehead atoms. The lowest BCUT2D eigenvalue weighted by atomic mass is 9.89. The van der Waals surface area contributed by atoms with Crippen molar-refractivity contribution in [3.63, 3.8) is 0 Å². The third-order valence-corrected chi connectivity index (χ3v) is 3.56. The van der Waals surface area contributed by atoms with E-state index in [1.54, 1.807) is 14.2 Å². The van der Waals surface area contributed by atoms with Crippen LogP contribution in [-0.4, -0.2) is 44.0 Å². The maximum Gasteiger partial charge on any atom is 0.307 e. The summed E-state index contributed by atoms with van der Waals surface area (Å²) in [6.07, 6.45) is 1.26. The molecule has 0 amide bonds. The first-order valence-electron chi connectivity index (χ1n) is 9.30. The van der Waals surface area contributed by atoms with Crippen LogP contribution in [0.3, 0.4) is 0 Å². The Labute approximate surface area is 164 Å². The Balaban J connectivity index is 0.00000119. The molecule has 1 aromatic rings. The van der Waals surface area contributed by atoms with Gasteiger partial charge in [0.2, 0.25) is 0 Å². The van der Waals surface area contributed by atoms with E-state index in [4.69, 9.17) is 19.9 Å². The van der Waals surface area contributed by atoms with Crippen molar-refractivity contribution in [3.05, 3.63) is 23.8 Å². The highest BCUT2D eigenvalue weighted by atomic mass is 16.5. The number of carboxylic acids is 1. The lowest BCUT2D eigenvalue weighted by molar-refractivity contribution is -0.143. The second-order valence-electron chi connectivity index (χ2n) is 7.94. The minimum atomic E-state index is -0.770. The Morgan fingerprint density at radius 2 is 1.74 bits per heavy atom. The molecule has 1 rings (SSSR count). The molecule has 0 radical (unpaired) electrons. The van der Waals surface area contributed by atoms with Gasteiger partial charge in [-0.3, -0.25) is 4.79 Å². The van der Waals surface area contributed by atoms with E-state index in [1.165, 1.54) is 0 Å². The van der Waals surface area contributed by atoms with E-state index in [2.05, 4.69) is 0 Å². The molecule has 27 heavy (non-hydrogen) atoms. The van der Waals surface area contributed by atoms with Crippen molar-refractivity contribution < 1.29 is 24.1 Å². The quantitative estimate of drug-likeness (QED) is 0.598. The lowest BCUT2D eigenvalue weighted by Crippen LogP contribution is -2.26. The largest absolute Gasteiger partial charge is 0.493 e. The highest BCUT2D eigenvalue weighted by Gasteiger charge is 2.22. The molecular formula is C21H37NO5. The Kier molecular flexibility index (Phi) is 11.7. The number of carbonyl (C=O) groups is 1. The number of benzene rings is 1. The maximum absolute atomic E-state index is 11.3. The third-order valence-electron chi connectivity index (χ3n) is 3.56. The van der Waals surface area contributed by atoms with Crippen molar-refractivity contribution in [1.82, 2.24) is 0 Å². The highest BCUT2D eigenvalue weighted by molar-refractivity contribution is 5.70. The summed E-state index contributed by atoms with van der Waals surface area (Å²) < 4.78 is 16.0. The Hall–Kier alpha value is -1.79. The van der Waals surface area contributed by atoms with Crippen molar-refractivity contribution in [2.24, 2.45) is 17.6 Å². The summed E-state index contributed by atoms with van der Waals surface area (Å²) in [5.41, 5.74) is 6.29. The summed E-state index contributed by atoms with van der Waals surface area (Å²) in [6, 6.07) is 5.57. The summed E-state index contributed by atoms with van der Waals surface area (Å²) >= 11 is 0. The number of rotatable bonds is 10. The van der Waals surface area contributed by atoms with Crippen LogP contribution in [0.2, 0.25) is 0 Å². The first-order valence-corrected chi connectivity index (χ1v) is 9.30. The minimum absolute atomic E-state index is 0. The van der Waals surface area contributed by atoms with Crippen LogP contribution < -0.4 is 15.2 Å². The van der Waals surface area contributed by atoms with Crippen LogP contribution >= 0.6 is 0 Å². The zero-order chi connectivity index (χ0) is 21.0. The van der Waals surface area contributed by atoms with Gasteiger partial charge in [-0.05, 0) is 50.8 Å². The van der Waals surface area contributed by atoms with Gasteiger partial charge in [0.05, 0.1) is 19.6 Å². The van der Waals surface area contributed by atoms with Gasteiger partial charge in [-0.25, -0.2) is 0 Å². The highest BCUT2D eigenvalue weighted by Crippen LogP contribution is 2.30. The average molecular weight is 384 g/mol. The van der Waals surface area contributed by atoms with Crippen molar-refractivity contribution in [1.29, 1.82) is 0 Å². The predicted octanol–water partition coefficient (Wildman–Crippen LogP) is 3.75. The molecule has 0 fully saturated rings. The van der Waals surface area contributed by atoms with E-state index < -0.39 is 11.9 Å². The fraction of sp³-hybridized carbons (Fsp3) is 0.667. The standard InChI is InChI=1S/C17H26O5.C4H11N/c1-12(2)14(17(18)19)10-13-6-7-15(21-4)16(11-13)22-9-5-8-20-3;1-4(2,3)5/h6-7,11-12,14H,5,8-10H2,1-4H3,(H,18,19);5H2,1-3H3/t14-;/m0./s1. The van der Waals surface area contributed by atoms with Gasteiger partial charge < -0.3 is 25.1 Å². The molecule has 1 atom stereocenters. The molecule has 3 N–H and O–H groups in total. The van der Waals surface area contributed by atoms with Crippen LogP contribution in [0.1, 0.15) is 46.6 Å². The van der Waals surface area contributed by atoms with E-state index in [9.17, 15) is 9.90 Å². The van der Waals surface area contributed by atoms with Gasteiger partial charge in [0.15, 0.2) is 11.5 Å². The van der Waals surface area contributed by atoms with Gasteiger partial charge >= 0.3 is 5.97 Å². The first-order chi connectivity index (χ1) is 12.5. The molecule has 0 heterocycles. The molecule has 6 nitrogen and oxygen atoms in total. The van der Waals surface area contributed by atoms with Crippen LogP contribution in [0.5, 0.6) is 11.5 Å². The monoisotopic (exact) mass is 383 g/mol. The molecule has 0 spiro atoms. The van der Waals surface area contributed by atoms with Gasteiger partial charge in [0.1, 0.15) is 0 Å².